The van der Waals surface area contributed by atoms with Crippen molar-refractivity contribution in [3.05, 3.63) is 41.5 Å². The van der Waals surface area contributed by atoms with Crippen LogP contribution in [0.4, 0.5) is 16.0 Å². The van der Waals surface area contributed by atoms with Crippen molar-refractivity contribution in [1.29, 1.82) is 0 Å². The van der Waals surface area contributed by atoms with Crippen LogP contribution in [0.15, 0.2) is 24.3 Å². The third-order valence-electron chi connectivity index (χ3n) is 2.56. The normalized spacial score (nSPS) is 10.5. The number of halogens is 1. The Labute approximate surface area is 99.3 Å². The Morgan fingerprint density at radius 2 is 2.12 bits per heavy atom. The molecule has 0 aliphatic carbocycles. The Balaban J connectivity index is 2.20. The molecule has 3 N–H and O–H groups in total. The molecule has 1 aromatic carbocycles. The summed E-state index contributed by atoms with van der Waals surface area (Å²) in [6.45, 7) is 2.26. The third-order valence-corrected chi connectivity index (χ3v) is 2.56. The lowest BCUT2D eigenvalue weighted by Gasteiger charge is -2.17. The van der Waals surface area contributed by atoms with Crippen molar-refractivity contribution in [3.63, 3.8) is 0 Å². The summed E-state index contributed by atoms with van der Waals surface area (Å²) < 4.78 is 13.5. The molecule has 1 aromatic heterocycles. The number of hydrogen-bond acceptors (Lipinski definition) is 3. The maximum absolute atomic E-state index is 13.5. The van der Waals surface area contributed by atoms with Gasteiger partial charge in [0, 0.05) is 19.2 Å². The first-order valence-corrected chi connectivity index (χ1v) is 5.34. The van der Waals surface area contributed by atoms with E-state index < -0.39 is 0 Å². The first kappa shape index (κ1) is 11.4. The molecule has 0 amide bonds. The zero-order valence-corrected chi connectivity index (χ0v) is 9.87. The van der Waals surface area contributed by atoms with Crippen LogP contribution < -0.4 is 10.6 Å². The summed E-state index contributed by atoms with van der Waals surface area (Å²) in [6.07, 6.45) is 0. The average molecular weight is 234 g/mol. The maximum Gasteiger partial charge on any atom is 0.171 e. The van der Waals surface area contributed by atoms with Crippen molar-refractivity contribution < 1.29 is 4.39 Å². The van der Waals surface area contributed by atoms with E-state index in [2.05, 4.69) is 9.97 Å². The second-order valence-electron chi connectivity index (χ2n) is 4.01. The SMILES string of the molecule is Cc1nc(N(C)Cc2ccccc2F)c(N)[nH]1. The molecule has 1 heterocycles. The zero-order chi connectivity index (χ0) is 12.4. The van der Waals surface area contributed by atoms with E-state index in [0.717, 1.165) is 5.82 Å². The van der Waals surface area contributed by atoms with Crippen LogP contribution in [-0.2, 0) is 6.54 Å². The van der Waals surface area contributed by atoms with Crippen LogP contribution in [0.3, 0.4) is 0 Å². The third kappa shape index (κ3) is 2.38. The number of nitrogen functional groups attached to an aromatic ring is 1. The lowest BCUT2D eigenvalue weighted by molar-refractivity contribution is 0.607. The lowest BCUT2D eigenvalue weighted by atomic mass is 10.2. The van der Waals surface area contributed by atoms with Gasteiger partial charge in [0.05, 0.1) is 0 Å². The fraction of sp³-hybridized carbons (Fsp3) is 0.250. The Bertz CT molecular complexity index is 521. The fourth-order valence-corrected chi connectivity index (χ4v) is 1.75. The molecule has 0 spiro atoms. The number of hydrogen-bond donors (Lipinski definition) is 2. The average Bonchev–Trinajstić information content (AvgIpc) is 2.61. The summed E-state index contributed by atoms with van der Waals surface area (Å²) in [5.41, 5.74) is 6.40. The van der Waals surface area contributed by atoms with Crippen LogP contribution in [-0.4, -0.2) is 17.0 Å². The topological polar surface area (TPSA) is 57.9 Å². The number of nitrogens with two attached hydrogens (primary N) is 1. The first-order valence-electron chi connectivity index (χ1n) is 5.34. The van der Waals surface area contributed by atoms with Crippen LogP contribution in [0.1, 0.15) is 11.4 Å². The van der Waals surface area contributed by atoms with Crippen LogP contribution in [0.2, 0.25) is 0 Å². The second kappa shape index (κ2) is 4.45. The van der Waals surface area contributed by atoms with E-state index in [4.69, 9.17) is 5.73 Å². The van der Waals surface area contributed by atoms with Gasteiger partial charge in [0.25, 0.3) is 0 Å². The number of anilines is 2. The Morgan fingerprint density at radius 3 is 2.71 bits per heavy atom. The van der Waals surface area contributed by atoms with Crippen molar-refractivity contribution in [3.8, 4) is 0 Å². The van der Waals surface area contributed by atoms with E-state index in [0.29, 0.717) is 23.7 Å². The molecule has 5 heteroatoms. The number of nitrogens with one attached hydrogen (secondary N) is 1. The Hall–Kier alpha value is -2.04. The molecule has 17 heavy (non-hydrogen) atoms. The number of nitrogens with zero attached hydrogens (tertiary/aromatic N) is 2. The van der Waals surface area contributed by atoms with E-state index in [1.165, 1.54) is 6.07 Å². The summed E-state index contributed by atoms with van der Waals surface area (Å²) in [7, 11) is 1.83. The van der Waals surface area contributed by atoms with E-state index in [1.54, 1.807) is 12.1 Å². The van der Waals surface area contributed by atoms with E-state index in [-0.39, 0.29) is 5.82 Å². The van der Waals surface area contributed by atoms with Gasteiger partial charge in [-0.15, -0.1) is 0 Å². The summed E-state index contributed by atoms with van der Waals surface area (Å²) in [4.78, 5) is 9.00. The van der Waals surface area contributed by atoms with Gasteiger partial charge in [-0.25, -0.2) is 9.37 Å². The highest BCUT2D eigenvalue weighted by molar-refractivity contribution is 5.58. The van der Waals surface area contributed by atoms with Gasteiger partial charge in [-0.3, -0.25) is 0 Å². The molecule has 2 rings (SSSR count). The summed E-state index contributed by atoms with van der Waals surface area (Å²) in [5.74, 6) is 1.68. The Kier molecular flexibility index (Phi) is 2.99. The molecule has 0 aliphatic heterocycles. The monoisotopic (exact) mass is 234 g/mol. The summed E-state index contributed by atoms with van der Waals surface area (Å²) in [5, 5.41) is 0. The number of aromatic nitrogens is 2. The van der Waals surface area contributed by atoms with Crippen molar-refractivity contribution in [2.75, 3.05) is 17.7 Å². The number of H-pyrrole nitrogens is 1. The van der Waals surface area contributed by atoms with Gasteiger partial charge in [-0.2, -0.15) is 0 Å². The van der Waals surface area contributed by atoms with Crippen molar-refractivity contribution in [1.82, 2.24) is 9.97 Å². The van der Waals surface area contributed by atoms with Crippen molar-refractivity contribution >= 4 is 11.6 Å². The highest BCUT2D eigenvalue weighted by atomic mass is 19.1. The molecule has 0 saturated carbocycles. The second-order valence-corrected chi connectivity index (χ2v) is 4.01. The molecule has 90 valence electrons. The molecular formula is C12H15FN4. The minimum atomic E-state index is -0.217. The number of rotatable bonds is 3. The van der Waals surface area contributed by atoms with Gasteiger partial charge in [0.1, 0.15) is 17.5 Å². The van der Waals surface area contributed by atoms with Crippen LogP contribution >= 0.6 is 0 Å². The fourth-order valence-electron chi connectivity index (χ4n) is 1.75. The van der Waals surface area contributed by atoms with E-state index >= 15 is 0 Å². The minimum Gasteiger partial charge on any atom is -0.382 e. The molecule has 0 saturated heterocycles. The number of imidazole rings is 1. The largest absolute Gasteiger partial charge is 0.382 e. The van der Waals surface area contributed by atoms with Gasteiger partial charge < -0.3 is 15.6 Å². The molecule has 0 fully saturated rings. The van der Waals surface area contributed by atoms with Crippen molar-refractivity contribution in [2.45, 2.75) is 13.5 Å². The minimum absolute atomic E-state index is 0.217. The van der Waals surface area contributed by atoms with Crippen LogP contribution in [0.25, 0.3) is 0 Å². The highest BCUT2D eigenvalue weighted by Gasteiger charge is 2.12. The molecule has 4 nitrogen and oxygen atoms in total. The predicted molar refractivity (Wildman–Crippen MR) is 66.2 cm³/mol. The van der Waals surface area contributed by atoms with Gasteiger partial charge >= 0.3 is 0 Å². The number of aromatic amines is 1. The van der Waals surface area contributed by atoms with Crippen LogP contribution in [0, 0.1) is 12.7 Å². The molecule has 0 atom stereocenters. The molecule has 0 aliphatic rings. The van der Waals surface area contributed by atoms with Crippen LogP contribution in [0.5, 0.6) is 0 Å². The number of aryl methyl sites for hydroxylation is 1. The highest BCUT2D eigenvalue weighted by Crippen LogP contribution is 2.20. The number of benzene rings is 1. The van der Waals surface area contributed by atoms with Gasteiger partial charge in [0.15, 0.2) is 5.82 Å². The Morgan fingerprint density at radius 1 is 1.41 bits per heavy atom. The zero-order valence-electron chi connectivity index (χ0n) is 9.87. The predicted octanol–water partition coefficient (Wildman–Crippen LogP) is 2.08. The van der Waals surface area contributed by atoms with Gasteiger partial charge in [-0.05, 0) is 13.0 Å². The van der Waals surface area contributed by atoms with E-state index in [1.807, 2.05) is 24.9 Å². The quantitative estimate of drug-likeness (QED) is 0.854. The van der Waals surface area contributed by atoms with Gasteiger partial charge in [0.2, 0.25) is 0 Å². The molecule has 0 bridgehead atoms. The molecule has 2 aromatic rings. The smallest absolute Gasteiger partial charge is 0.171 e. The lowest BCUT2D eigenvalue weighted by Crippen LogP contribution is -2.18. The first-order chi connectivity index (χ1) is 8.08. The maximum atomic E-state index is 13.5. The molecule has 0 radical (unpaired) electrons. The van der Waals surface area contributed by atoms with Crippen molar-refractivity contribution in [2.24, 2.45) is 0 Å². The summed E-state index contributed by atoms with van der Waals surface area (Å²) >= 11 is 0. The molecular weight excluding hydrogens is 219 g/mol. The van der Waals surface area contributed by atoms with E-state index in [9.17, 15) is 4.39 Å². The standard InChI is InChI=1S/C12H15FN4/c1-8-15-11(14)12(16-8)17(2)7-9-5-3-4-6-10(9)13/h3-6H,7,14H2,1-2H3,(H,15,16). The molecule has 0 unspecified atom stereocenters. The van der Waals surface area contributed by atoms with Gasteiger partial charge in [-0.1, -0.05) is 18.2 Å². The summed E-state index contributed by atoms with van der Waals surface area (Å²) in [6, 6.07) is 6.68.